The minimum atomic E-state index is 0.682. The Balaban J connectivity index is 3.34. The Labute approximate surface area is 72.0 Å². The van der Waals surface area contributed by atoms with E-state index in [1.165, 1.54) is 8.01 Å². The van der Waals surface area contributed by atoms with E-state index in [-0.39, 0.29) is 0 Å². The van der Waals surface area contributed by atoms with Crippen LogP contribution in [0.1, 0.15) is 6.92 Å². The Kier molecular flexibility index (Phi) is 4.82. The molecule has 0 saturated carbocycles. The van der Waals surface area contributed by atoms with Crippen LogP contribution >= 0.6 is 45.2 Å². The lowest BCUT2D eigenvalue weighted by Crippen LogP contribution is -1.91. The summed E-state index contributed by atoms with van der Waals surface area (Å²) in [6.45, 7) is 5.99. The molecule has 0 aromatic carbocycles. The molecule has 0 nitrogen and oxygen atoms in total. The van der Waals surface area contributed by atoms with Gasteiger partial charge in [0.25, 0.3) is 0 Å². The molecule has 0 N–H and O–H groups in total. The smallest absolute Gasteiger partial charge is 0.00658 e. The maximum atomic E-state index is 3.81. The molecule has 0 unspecified atom stereocenters. The molecule has 0 bridgehead atoms. The Morgan fingerprint density at radius 1 is 1.86 bits per heavy atom. The fraction of sp³-hybridized carbons (Fsp3) is 0.600. The van der Waals surface area contributed by atoms with Crippen LogP contribution in [0.15, 0.2) is 10.2 Å². The Bertz CT molecular complexity index is 68.5. The Hall–Kier alpha value is 1.20. The van der Waals surface area contributed by atoms with Crippen molar-refractivity contribution in [2.24, 2.45) is 5.92 Å². The minimum absolute atomic E-state index is 0.682. The van der Waals surface area contributed by atoms with E-state index in [0.717, 1.165) is 0 Å². The van der Waals surface area contributed by atoms with Crippen LogP contribution < -0.4 is 0 Å². The molecule has 0 heterocycles. The van der Waals surface area contributed by atoms with Gasteiger partial charge in [-0.1, -0.05) is 36.1 Å². The maximum Gasteiger partial charge on any atom is 0.00658 e. The summed E-state index contributed by atoms with van der Waals surface area (Å²) < 4.78 is 2.44. The summed E-state index contributed by atoms with van der Waals surface area (Å²) in [7, 11) is 0. The molecule has 0 rings (SSSR count). The number of hydrogen-bond acceptors (Lipinski definition) is 0. The molecule has 0 saturated heterocycles. The van der Waals surface area contributed by atoms with Crippen molar-refractivity contribution < 1.29 is 0 Å². The van der Waals surface area contributed by atoms with Crippen molar-refractivity contribution in [2.75, 3.05) is 4.43 Å². The molecule has 0 radical (unpaired) electrons. The Morgan fingerprint density at radius 2 is 2.29 bits per heavy atom. The van der Waals surface area contributed by atoms with Gasteiger partial charge in [-0.25, -0.2) is 0 Å². The first-order valence-electron chi connectivity index (χ1n) is 2.08. The van der Waals surface area contributed by atoms with Crippen molar-refractivity contribution in [1.82, 2.24) is 0 Å². The molecule has 7 heavy (non-hydrogen) atoms. The van der Waals surface area contributed by atoms with Crippen LogP contribution in [0.4, 0.5) is 0 Å². The zero-order valence-corrected chi connectivity index (χ0v) is 8.56. The van der Waals surface area contributed by atoms with Gasteiger partial charge in [0, 0.05) is 4.43 Å². The zero-order chi connectivity index (χ0) is 5.86. The van der Waals surface area contributed by atoms with Gasteiger partial charge in [-0.05, 0) is 32.1 Å². The van der Waals surface area contributed by atoms with Crippen molar-refractivity contribution in [3.8, 4) is 0 Å². The van der Waals surface area contributed by atoms with Crippen LogP contribution in [0.5, 0.6) is 0 Å². The van der Waals surface area contributed by atoms with Crippen LogP contribution in [-0.4, -0.2) is 4.43 Å². The molecule has 0 aliphatic heterocycles. The highest BCUT2D eigenvalue weighted by molar-refractivity contribution is 14.1. The first-order valence-corrected chi connectivity index (χ1v) is 4.69. The number of alkyl halides is 1. The first kappa shape index (κ1) is 8.20. The van der Waals surface area contributed by atoms with Crippen molar-refractivity contribution in [1.29, 1.82) is 0 Å². The fourth-order valence-corrected chi connectivity index (χ4v) is 1.68. The second-order valence-electron chi connectivity index (χ2n) is 1.50. The molecule has 0 aromatic heterocycles. The lowest BCUT2D eigenvalue weighted by atomic mass is 10.2. The summed E-state index contributed by atoms with van der Waals surface area (Å²) in [5.41, 5.74) is 0. The van der Waals surface area contributed by atoms with Crippen molar-refractivity contribution in [2.45, 2.75) is 6.92 Å². The summed E-state index contributed by atoms with van der Waals surface area (Å²) in [6, 6.07) is 0. The van der Waals surface area contributed by atoms with Gasteiger partial charge in [0.05, 0.1) is 0 Å². The molecule has 1 atom stereocenters. The molecule has 2 heteroatoms. The van der Waals surface area contributed by atoms with Crippen molar-refractivity contribution in [3.63, 3.8) is 0 Å². The third-order valence-corrected chi connectivity index (χ3v) is 3.15. The molecule has 0 fully saturated rings. The fourth-order valence-electron chi connectivity index (χ4n) is 0.0837. The average molecular weight is 322 g/mol. The quantitative estimate of drug-likeness (QED) is 0.542. The van der Waals surface area contributed by atoms with Gasteiger partial charge in [0.2, 0.25) is 0 Å². The molecular formula is C5H8I2. The third-order valence-electron chi connectivity index (χ3n) is 0.766. The number of halogens is 2. The van der Waals surface area contributed by atoms with Gasteiger partial charge in [-0.3, -0.25) is 0 Å². The maximum absolute atomic E-state index is 3.81. The summed E-state index contributed by atoms with van der Waals surface area (Å²) in [5.74, 6) is 0.682. The summed E-state index contributed by atoms with van der Waals surface area (Å²) in [6.07, 6.45) is 0. The molecule has 0 aliphatic carbocycles. The van der Waals surface area contributed by atoms with Gasteiger partial charge in [-0.2, -0.15) is 0 Å². The van der Waals surface area contributed by atoms with Crippen molar-refractivity contribution in [3.05, 3.63) is 10.2 Å². The van der Waals surface area contributed by atoms with Crippen LogP contribution in [0.25, 0.3) is 0 Å². The summed E-state index contributed by atoms with van der Waals surface area (Å²) >= 11 is 4.63. The van der Waals surface area contributed by atoms with Crippen molar-refractivity contribution >= 4 is 45.2 Å². The molecule has 0 amide bonds. The van der Waals surface area contributed by atoms with Crippen LogP contribution in [-0.2, 0) is 0 Å². The van der Waals surface area contributed by atoms with E-state index in [0.29, 0.717) is 5.92 Å². The summed E-state index contributed by atoms with van der Waals surface area (Å²) in [5, 5.41) is 0. The molecule has 42 valence electrons. The number of hydrogen-bond donors (Lipinski definition) is 0. The van der Waals surface area contributed by atoms with E-state index < -0.39 is 0 Å². The van der Waals surface area contributed by atoms with Gasteiger partial charge in [0.15, 0.2) is 0 Å². The minimum Gasteiger partial charge on any atom is -0.0894 e. The normalized spacial score (nSPS) is 13.6. The molecular weight excluding hydrogens is 314 g/mol. The zero-order valence-electron chi connectivity index (χ0n) is 4.25. The van der Waals surface area contributed by atoms with E-state index in [9.17, 15) is 0 Å². The van der Waals surface area contributed by atoms with Gasteiger partial charge >= 0.3 is 0 Å². The second kappa shape index (κ2) is 4.12. The van der Waals surface area contributed by atoms with Crippen LogP contribution in [0.3, 0.4) is 0 Å². The predicted octanol–water partition coefficient (Wildman–Crippen LogP) is 3.01. The lowest BCUT2D eigenvalue weighted by molar-refractivity contribution is 0.858. The van der Waals surface area contributed by atoms with E-state index >= 15 is 0 Å². The standard InChI is InChI=1S/C5H8I2/c1-4(3-6)5(2)7/h4H,2-3H2,1H3/t4-/m0/s1. The molecule has 0 aliphatic rings. The van der Waals surface area contributed by atoms with E-state index in [1.807, 2.05) is 0 Å². The van der Waals surface area contributed by atoms with E-state index in [2.05, 4.69) is 58.7 Å². The predicted molar refractivity (Wildman–Crippen MR) is 51.2 cm³/mol. The van der Waals surface area contributed by atoms with Crippen LogP contribution in [0, 0.1) is 5.92 Å². The summed E-state index contributed by atoms with van der Waals surface area (Å²) in [4.78, 5) is 0. The average Bonchev–Trinajstić information content (AvgIpc) is 1.65. The van der Waals surface area contributed by atoms with Gasteiger partial charge in [-0.15, -0.1) is 0 Å². The molecule has 0 spiro atoms. The van der Waals surface area contributed by atoms with Gasteiger partial charge < -0.3 is 0 Å². The topological polar surface area (TPSA) is 0 Å². The van der Waals surface area contributed by atoms with E-state index in [1.54, 1.807) is 0 Å². The first-order chi connectivity index (χ1) is 3.18. The molecule has 0 aromatic rings. The Morgan fingerprint density at radius 3 is 2.29 bits per heavy atom. The van der Waals surface area contributed by atoms with Crippen LogP contribution in [0.2, 0.25) is 0 Å². The highest BCUT2D eigenvalue weighted by Gasteiger charge is 1.97. The highest BCUT2D eigenvalue weighted by Crippen LogP contribution is 2.16. The monoisotopic (exact) mass is 322 g/mol. The third kappa shape index (κ3) is 3.76. The lowest BCUT2D eigenvalue weighted by Gasteiger charge is -2.01. The highest BCUT2D eigenvalue weighted by atomic mass is 127. The van der Waals surface area contributed by atoms with E-state index in [4.69, 9.17) is 0 Å². The largest absolute Gasteiger partial charge is 0.0894 e. The second-order valence-corrected chi connectivity index (χ2v) is 3.77. The van der Waals surface area contributed by atoms with Gasteiger partial charge in [0.1, 0.15) is 0 Å². The number of rotatable bonds is 2. The number of allylic oxidation sites excluding steroid dienone is 1. The SMILES string of the molecule is C=C(I)[C@@H](C)CI.